The number of likely N-dealkylation sites (tertiary alicyclic amines) is 1. The van der Waals surface area contributed by atoms with Gasteiger partial charge in [0.15, 0.2) is 0 Å². The van der Waals surface area contributed by atoms with E-state index in [9.17, 15) is 27.9 Å². The Morgan fingerprint density at radius 3 is 2.56 bits per heavy atom. The van der Waals surface area contributed by atoms with Gasteiger partial charge < -0.3 is 10.0 Å². The van der Waals surface area contributed by atoms with Crippen LogP contribution in [0.2, 0.25) is 0 Å². The largest absolute Gasteiger partial charge is 0.481 e. The number of hydrogen-bond acceptors (Lipinski definition) is 3. The van der Waals surface area contributed by atoms with Gasteiger partial charge in [0, 0.05) is 19.6 Å². The molecule has 1 aromatic rings. The number of hydrogen-bond donors (Lipinski definition) is 1. The van der Waals surface area contributed by atoms with Crippen LogP contribution in [-0.4, -0.2) is 47.6 Å². The second-order valence-corrected chi connectivity index (χ2v) is 6.90. The molecule has 25 heavy (non-hydrogen) atoms. The number of halogens is 3. The molecule has 2 atom stereocenters. The number of anilines is 1. The Labute approximate surface area is 143 Å². The first-order chi connectivity index (χ1) is 11.6. The van der Waals surface area contributed by atoms with Gasteiger partial charge in [0.05, 0.1) is 22.7 Å². The number of nitrogens with zero attached hydrogens (tertiary/aromatic N) is 2. The predicted molar refractivity (Wildman–Crippen MR) is 84.1 cm³/mol. The molecule has 8 heteroatoms. The van der Waals surface area contributed by atoms with Crippen molar-refractivity contribution >= 4 is 17.6 Å². The van der Waals surface area contributed by atoms with Crippen LogP contribution < -0.4 is 4.90 Å². The molecule has 1 aromatic carbocycles. The number of carboxylic acid groups (broad SMARTS) is 1. The van der Waals surface area contributed by atoms with E-state index in [1.807, 2.05) is 0 Å². The highest BCUT2D eigenvalue weighted by molar-refractivity contribution is 6.00. The Balaban J connectivity index is 1.81. The van der Waals surface area contributed by atoms with Crippen LogP contribution in [0.15, 0.2) is 24.3 Å². The smallest absolute Gasteiger partial charge is 0.418 e. The molecule has 0 aliphatic carbocycles. The Morgan fingerprint density at radius 2 is 1.96 bits per heavy atom. The van der Waals surface area contributed by atoms with Crippen LogP contribution >= 0.6 is 0 Å². The van der Waals surface area contributed by atoms with Crippen LogP contribution in [0.1, 0.15) is 25.3 Å². The zero-order valence-corrected chi connectivity index (χ0v) is 13.7. The van der Waals surface area contributed by atoms with Crippen molar-refractivity contribution in [2.45, 2.75) is 32.0 Å². The topological polar surface area (TPSA) is 60.9 Å². The van der Waals surface area contributed by atoms with Crippen molar-refractivity contribution in [2.24, 2.45) is 5.41 Å². The van der Waals surface area contributed by atoms with Crippen LogP contribution in [0.25, 0.3) is 0 Å². The molecule has 1 amide bonds. The summed E-state index contributed by atoms with van der Waals surface area (Å²) in [6.07, 6.45) is -3.73. The van der Waals surface area contributed by atoms with Gasteiger partial charge in [-0.2, -0.15) is 13.2 Å². The maximum Gasteiger partial charge on any atom is 0.418 e. The number of rotatable bonds is 3. The zero-order chi connectivity index (χ0) is 18.4. The van der Waals surface area contributed by atoms with E-state index in [1.54, 1.807) is 11.8 Å². The minimum absolute atomic E-state index is 0.136. The molecule has 2 unspecified atom stereocenters. The van der Waals surface area contributed by atoms with E-state index >= 15 is 0 Å². The van der Waals surface area contributed by atoms with Gasteiger partial charge in [0.2, 0.25) is 5.91 Å². The lowest BCUT2D eigenvalue weighted by molar-refractivity contribution is -0.147. The van der Waals surface area contributed by atoms with E-state index in [1.165, 1.54) is 23.1 Å². The Bertz CT molecular complexity index is 707. The van der Waals surface area contributed by atoms with Gasteiger partial charge in [-0.1, -0.05) is 12.1 Å². The highest BCUT2D eigenvalue weighted by Crippen LogP contribution is 2.39. The van der Waals surface area contributed by atoms with Gasteiger partial charge in [-0.05, 0) is 31.9 Å². The van der Waals surface area contributed by atoms with E-state index in [-0.39, 0.29) is 18.8 Å². The number of para-hydroxylation sites is 1. The van der Waals surface area contributed by atoms with Crippen LogP contribution in [0.3, 0.4) is 0 Å². The average molecular weight is 356 g/mol. The van der Waals surface area contributed by atoms with Crippen molar-refractivity contribution in [3.8, 4) is 0 Å². The first-order valence-electron chi connectivity index (χ1n) is 8.08. The van der Waals surface area contributed by atoms with Crippen molar-refractivity contribution in [1.29, 1.82) is 0 Å². The van der Waals surface area contributed by atoms with E-state index < -0.39 is 35.1 Å². The van der Waals surface area contributed by atoms with Gasteiger partial charge in [0.1, 0.15) is 0 Å². The minimum Gasteiger partial charge on any atom is -0.481 e. The van der Waals surface area contributed by atoms with Gasteiger partial charge in [-0.3, -0.25) is 14.5 Å². The Hall–Kier alpha value is -2.09. The van der Waals surface area contributed by atoms with E-state index in [2.05, 4.69) is 0 Å². The SMILES string of the molecule is CC1(C(=O)O)CCN(C2CCN(c3ccccc3C(F)(F)F)C2=O)C1. The first-order valence-corrected chi connectivity index (χ1v) is 8.08. The van der Waals surface area contributed by atoms with Crippen molar-refractivity contribution < 1.29 is 27.9 Å². The third kappa shape index (κ3) is 3.10. The summed E-state index contributed by atoms with van der Waals surface area (Å²) >= 11 is 0. The summed E-state index contributed by atoms with van der Waals surface area (Å²) in [4.78, 5) is 27.0. The molecule has 0 aromatic heterocycles. The number of alkyl halides is 3. The lowest BCUT2D eigenvalue weighted by Gasteiger charge is -2.26. The van der Waals surface area contributed by atoms with Crippen LogP contribution in [0.4, 0.5) is 18.9 Å². The van der Waals surface area contributed by atoms with E-state index in [4.69, 9.17) is 0 Å². The highest BCUT2D eigenvalue weighted by atomic mass is 19.4. The van der Waals surface area contributed by atoms with Crippen molar-refractivity contribution in [3.05, 3.63) is 29.8 Å². The second kappa shape index (κ2) is 6.01. The average Bonchev–Trinajstić information content (AvgIpc) is 3.10. The summed E-state index contributed by atoms with van der Waals surface area (Å²) in [5.41, 5.74) is -1.89. The maximum atomic E-state index is 13.2. The van der Waals surface area contributed by atoms with Gasteiger partial charge in [-0.25, -0.2) is 0 Å². The molecule has 2 saturated heterocycles. The Morgan fingerprint density at radius 1 is 1.28 bits per heavy atom. The molecule has 2 aliphatic rings. The standard InChI is InChI=1S/C17H19F3N2O3/c1-16(15(24)25)7-9-21(10-16)13-6-8-22(14(13)23)12-5-3-2-4-11(12)17(18,19)20/h2-5,13H,6-10H2,1H3,(H,24,25). The van der Waals surface area contributed by atoms with Gasteiger partial charge >= 0.3 is 12.1 Å². The molecule has 2 fully saturated rings. The third-order valence-corrected chi connectivity index (χ3v) is 5.14. The van der Waals surface area contributed by atoms with Gasteiger partial charge in [0.25, 0.3) is 0 Å². The molecule has 1 N–H and O–H groups in total. The first kappa shape index (κ1) is 17.7. The summed E-state index contributed by atoms with van der Waals surface area (Å²) in [6, 6.07) is 4.47. The van der Waals surface area contributed by atoms with Crippen LogP contribution in [-0.2, 0) is 15.8 Å². The molecule has 0 bridgehead atoms. The summed E-state index contributed by atoms with van der Waals surface area (Å²) in [6.45, 7) is 2.50. The number of carbonyl (C=O) groups is 2. The molecule has 3 rings (SSSR count). The molecular formula is C17H19F3N2O3. The predicted octanol–water partition coefficient (Wildman–Crippen LogP) is 2.61. The highest BCUT2D eigenvalue weighted by Gasteiger charge is 2.47. The molecule has 2 heterocycles. The Kier molecular flexibility index (Phi) is 4.26. The van der Waals surface area contributed by atoms with Gasteiger partial charge in [-0.15, -0.1) is 0 Å². The molecule has 136 valence electrons. The molecule has 0 spiro atoms. The quantitative estimate of drug-likeness (QED) is 0.904. The monoisotopic (exact) mass is 356 g/mol. The molecule has 2 aliphatic heterocycles. The van der Waals surface area contributed by atoms with Crippen molar-refractivity contribution in [1.82, 2.24) is 4.90 Å². The lowest BCUT2D eigenvalue weighted by Crippen LogP contribution is -2.42. The van der Waals surface area contributed by atoms with Crippen LogP contribution in [0, 0.1) is 5.41 Å². The fourth-order valence-electron chi connectivity index (χ4n) is 3.63. The number of benzene rings is 1. The van der Waals surface area contributed by atoms with Crippen molar-refractivity contribution in [2.75, 3.05) is 24.5 Å². The van der Waals surface area contributed by atoms with Crippen LogP contribution in [0.5, 0.6) is 0 Å². The second-order valence-electron chi connectivity index (χ2n) is 6.90. The minimum atomic E-state index is -4.54. The molecular weight excluding hydrogens is 337 g/mol. The van der Waals surface area contributed by atoms with E-state index in [0.29, 0.717) is 19.4 Å². The summed E-state index contributed by atoms with van der Waals surface area (Å²) in [5, 5.41) is 9.31. The summed E-state index contributed by atoms with van der Waals surface area (Å²) in [5.74, 6) is -1.31. The van der Waals surface area contributed by atoms with Crippen molar-refractivity contribution in [3.63, 3.8) is 0 Å². The normalized spacial score (nSPS) is 27.9. The third-order valence-electron chi connectivity index (χ3n) is 5.14. The summed E-state index contributed by atoms with van der Waals surface area (Å²) < 4.78 is 39.6. The number of aliphatic carboxylic acids is 1. The summed E-state index contributed by atoms with van der Waals surface area (Å²) in [7, 11) is 0. The maximum absolute atomic E-state index is 13.2. The zero-order valence-electron chi connectivity index (χ0n) is 13.7. The number of amides is 1. The molecule has 5 nitrogen and oxygen atoms in total. The molecule has 0 radical (unpaired) electrons. The fourth-order valence-corrected chi connectivity index (χ4v) is 3.63. The fraction of sp³-hybridized carbons (Fsp3) is 0.529. The van der Waals surface area contributed by atoms with E-state index in [0.717, 1.165) is 6.07 Å². The lowest BCUT2D eigenvalue weighted by atomic mass is 9.90. The molecule has 0 saturated carbocycles. The number of carbonyl (C=O) groups excluding carboxylic acids is 1. The number of carboxylic acids is 1.